The Hall–Kier alpha value is -1.60. The molecule has 1 aromatic rings. The van der Waals surface area contributed by atoms with Crippen LogP contribution in [0, 0.1) is 0 Å². The zero-order valence-electron chi connectivity index (χ0n) is 8.41. The SMILES string of the molecule is COc1cc(N)c(C(F)(F)F)cc1C(F)(F)F. The molecule has 0 aliphatic carbocycles. The van der Waals surface area contributed by atoms with Crippen molar-refractivity contribution in [3.8, 4) is 5.75 Å². The lowest BCUT2D eigenvalue weighted by Gasteiger charge is -2.16. The minimum absolute atomic E-state index is 0.0613. The molecule has 17 heavy (non-hydrogen) atoms. The molecule has 0 aliphatic heterocycles. The summed E-state index contributed by atoms with van der Waals surface area (Å²) in [5.74, 6) is -0.747. The van der Waals surface area contributed by atoms with Crippen molar-refractivity contribution in [3.63, 3.8) is 0 Å². The summed E-state index contributed by atoms with van der Waals surface area (Å²) in [6, 6.07) is 0.444. The van der Waals surface area contributed by atoms with Crippen molar-refractivity contribution in [2.45, 2.75) is 12.4 Å². The van der Waals surface area contributed by atoms with E-state index in [2.05, 4.69) is 4.74 Å². The molecule has 0 amide bonds. The number of benzene rings is 1. The molecule has 0 radical (unpaired) electrons. The summed E-state index contributed by atoms with van der Waals surface area (Å²) in [7, 11) is 0.914. The van der Waals surface area contributed by atoms with Crippen LogP contribution in [0.5, 0.6) is 5.75 Å². The molecule has 0 aliphatic rings. The van der Waals surface area contributed by atoms with E-state index in [9.17, 15) is 26.3 Å². The topological polar surface area (TPSA) is 35.2 Å². The summed E-state index contributed by atoms with van der Waals surface area (Å²) in [4.78, 5) is 0. The first kappa shape index (κ1) is 13.5. The highest BCUT2D eigenvalue weighted by atomic mass is 19.4. The van der Waals surface area contributed by atoms with E-state index < -0.39 is 34.9 Å². The lowest BCUT2D eigenvalue weighted by atomic mass is 10.1. The summed E-state index contributed by atoms with van der Waals surface area (Å²) < 4.78 is 78.8. The van der Waals surface area contributed by atoms with Crippen molar-refractivity contribution in [2.24, 2.45) is 0 Å². The van der Waals surface area contributed by atoms with Crippen LogP contribution in [-0.4, -0.2) is 7.11 Å². The number of nitrogen functional groups attached to an aromatic ring is 1. The van der Waals surface area contributed by atoms with Gasteiger partial charge in [-0.05, 0) is 6.07 Å². The summed E-state index contributed by atoms with van der Waals surface area (Å²) in [5, 5.41) is 0. The summed E-state index contributed by atoms with van der Waals surface area (Å²) >= 11 is 0. The Morgan fingerprint density at radius 3 is 1.76 bits per heavy atom. The van der Waals surface area contributed by atoms with Crippen LogP contribution in [0.25, 0.3) is 0 Å². The van der Waals surface area contributed by atoms with Gasteiger partial charge in [0.1, 0.15) is 5.75 Å². The fourth-order valence-corrected chi connectivity index (χ4v) is 1.23. The first-order chi connectivity index (χ1) is 7.57. The predicted molar refractivity (Wildman–Crippen MR) is 47.4 cm³/mol. The predicted octanol–water partition coefficient (Wildman–Crippen LogP) is 3.32. The second-order valence-electron chi connectivity index (χ2n) is 3.14. The van der Waals surface area contributed by atoms with Crippen LogP contribution in [0.3, 0.4) is 0 Å². The first-order valence-corrected chi connectivity index (χ1v) is 4.19. The molecule has 0 fully saturated rings. The average Bonchev–Trinajstić information content (AvgIpc) is 2.13. The molecular formula is C9H7F6NO. The Bertz CT molecular complexity index is 423. The zero-order chi connectivity index (χ0) is 13.4. The lowest BCUT2D eigenvalue weighted by Crippen LogP contribution is -2.14. The molecule has 0 unspecified atom stereocenters. The molecule has 0 saturated carbocycles. The van der Waals surface area contributed by atoms with Gasteiger partial charge >= 0.3 is 12.4 Å². The zero-order valence-corrected chi connectivity index (χ0v) is 8.41. The third kappa shape index (κ3) is 2.75. The minimum atomic E-state index is -4.95. The Balaban J connectivity index is 3.49. The third-order valence-electron chi connectivity index (χ3n) is 1.98. The molecule has 2 nitrogen and oxygen atoms in total. The maximum absolute atomic E-state index is 12.4. The Labute approximate surface area is 92.0 Å². The van der Waals surface area contributed by atoms with Crippen molar-refractivity contribution in [3.05, 3.63) is 23.3 Å². The molecule has 96 valence electrons. The number of methoxy groups -OCH3 is 1. The number of rotatable bonds is 1. The van der Waals surface area contributed by atoms with Gasteiger partial charge in [0, 0.05) is 11.8 Å². The molecule has 2 N–H and O–H groups in total. The van der Waals surface area contributed by atoms with Crippen LogP contribution < -0.4 is 10.5 Å². The second-order valence-corrected chi connectivity index (χ2v) is 3.14. The first-order valence-electron chi connectivity index (χ1n) is 4.19. The monoisotopic (exact) mass is 259 g/mol. The highest BCUT2D eigenvalue weighted by molar-refractivity contribution is 5.57. The smallest absolute Gasteiger partial charge is 0.419 e. The fraction of sp³-hybridized carbons (Fsp3) is 0.333. The van der Waals surface area contributed by atoms with Crippen molar-refractivity contribution in [1.82, 2.24) is 0 Å². The van der Waals surface area contributed by atoms with E-state index in [0.717, 1.165) is 7.11 Å². The number of ether oxygens (including phenoxy) is 1. The largest absolute Gasteiger partial charge is 0.496 e. The van der Waals surface area contributed by atoms with E-state index in [1.54, 1.807) is 0 Å². The van der Waals surface area contributed by atoms with Crippen LogP contribution in [0.2, 0.25) is 0 Å². The molecule has 1 rings (SSSR count). The van der Waals surface area contributed by atoms with Crippen molar-refractivity contribution in [2.75, 3.05) is 12.8 Å². The number of anilines is 1. The van der Waals surface area contributed by atoms with Crippen molar-refractivity contribution < 1.29 is 31.1 Å². The number of halogens is 6. The van der Waals surface area contributed by atoms with Gasteiger partial charge in [0.2, 0.25) is 0 Å². The molecule has 8 heteroatoms. The van der Waals surface area contributed by atoms with Crippen molar-refractivity contribution in [1.29, 1.82) is 0 Å². The van der Waals surface area contributed by atoms with Gasteiger partial charge in [0.25, 0.3) is 0 Å². The van der Waals surface area contributed by atoms with Gasteiger partial charge < -0.3 is 10.5 Å². The van der Waals surface area contributed by atoms with Gasteiger partial charge in [-0.15, -0.1) is 0 Å². The van der Waals surface area contributed by atoms with Gasteiger partial charge in [-0.3, -0.25) is 0 Å². The molecular weight excluding hydrogens is 252 g/mol. The van der Waals surface area contributed by atoms with Crippen LogP contribution >= 0.6 is 0 Å². The van der Waals surface area contributed by atoms with Crippen molar-refractivity contribution >= 4 is 5.69 Å². The van der Waals surface area contributed by atoms with Crippen LogP contribution in [0.15, 0.2) is 12.1 Å². The maximum Gasteiger partial charge on any atom is 0.419 e. The lowest BCUT2D eigenvalue weighted by molar-refractivity contribution is -0.143. The highest BCUT2D eigenvalue weighted by Gasteiger charge is 2.40. The Morgan fingerprint density at radius 1 is 0.941 bits per heavy atom. The minimum Gasteiger partial charge on any atom is -0.496 e. The third-order valence-corrected chi connectivity index (χ3v) is 1.98. The quantitative estimate of drug-likeness (QED) is 0.620. The number of alkyl halides is 6. The Morgan fingerprint density at radius 2 is 1.41 bits per heavy atom. The number of nitrogens with two attached hydrogens (primary N) is 1. The van der Waals surface area contributed by atoms with E-state index in [1.807, 2.05) is 0 Å². The van der Waals surface area contributed by atoms with Crippen LogP contribution in [-0.2, 0) is 12.4 Å². The van der Waals surface area contributed by atoms with Gasteiger partial charge in [-0.1, -0.05) is 0 Å². The molecule has 0 aromatic heterocycles. The normalized spacial score (nSPS) is 12.6. The molecule has 0 heterocycles. The van der Waals surface area contributed by atoms with Gasteiger partial charge in [0.05, 0.1) is 18.2 Å². The average molecular weight is 259 g/mol. The van der Waals surface area contributed by atoms with E-state index in [-0.39, 0.29) is 6.07 Å². The van der Waals surface area contributed by atoms with Gasteiger partial charge in [-0.25, -0.2) is 0 Å². The van der Waals surface area contributed by atoms with Gasteiger partial charge in [-0.2, -0.15) is 26.3 Å². The maximum atomic E-state index is 12.4. The molecule has 0 spiro atoms. The van der Waals surface area contributed by atoms with E-state index in [1.165, 1.54) is 0 Å². The molecule has 0 bridgehead atoms. The summed E-state index contributed by atoms with van der Waals surface area (Å²) in [6.45, 7) is 0. The molecule has 1 aromatic carbocycles. The standard InChI is InChI=1S/C9H7F6NO/c1-17-7-3-6(16)4(8(10,11)12)2-5(7)9(13,14)15/h2-3H,16H2,1H3. The summed E-state index contributed by atoms with van der Waals surface area (Å²) in [5.41, 5.74) is 1.16. The Kier molecular flexibility index (Phi) is 3.17. The van der Waals surface area contributed by atoms with Crippen LogP contribution in [0.1, 0.15) is 11.1 Å². The second kappa shape index (κ2) is 4.01. The highest BCUT2D eigenvalue weighted by Crippen LogP contribution is 2.43. The van der Waals surface area contributed by atoms with E-state index in [0.29, 0.717) is 6.07 Å². The van der Waals surface area contributed by atoms with E-state index >= 15 is 0 Å². The van der Waals surface area contributed by atoms with Gasteiger partial charge in [0.15, 0.2) is 0 Å². The molecule has 0 atom stereocenters. The van der Waals surface area contributed by atoms with Crippen LogP contribution in [0.4, 0.5) is 32.0 Å². The fourth-order valence-electron chi connectivity index (χ4n) is 1.23. The van der Waals surface area contributed by atoms with E-state index in [4.69, 9.17) is 5.73 Å². The molecule has 0 saturated heterocycles. The summed E-state index contributed by atoms with van der Waals surface area (Å²) in [6.07, 6.45) is -9.89. The number of hydrogen-bond donors (Lipinski definition) is 1. The number of hydrogen-bond acceptors (Lipinski definition) is 2.